The van der Waals surface area contributed by atoms with Gasteiger partial charge in [-0.1, -0.05) is 17.7 Å². The van der Waals surface area contributed by atoms with E-state index in [-0.39, 0.29) is 16.4 Å². The smallest absolute Gasteiger partial charge is 0.183 e. The van der Waals surface area contributed by atoms with Crippen LogP contribution in [0.5, 0.6) is 0 Å². The van der Waals surface area contributed by atoms with Crippen molar-refractivity contribution < 1.29 is 16.8 Å². The number of hydrogen-bond acceptors (Lipinski definition) is 6. The molecule has 1 saturated heterocycles. The quantitative estimate of drug-likeness (QED) is 0.720. The molecule has 0 aliphatic carbocycles. The summed E-state index contributed by atoms with van der Waals surface area (Å²) in [5.41, 5.74) is 2.04. The van der Waals surface area contributed by atoms with E-state index in [2.05, 4.69) is 4.98 Å². The minimum atomic E-state index is -3.73. The summed E-state index contributed by atoms with van der Waals surface area (Å²) < 4.78 is 50.8. The first-order chi connectivity index (χ1) is 12.7. The fraction of sp³-hybridized carbons (Fsp3) is 0.421. The molecule has 6 nitrogen and oxygen atoms in total. The molecule has 8 heteroatoms. The zero-order valence-electron chi connectivity index (χ0n) is 15.4. The van der Waals surface area contributed by atoms with Gasteiger partial charge in [-0.25, -0.2) is 16.8 Å². The van der Waals surface area contributed by atoms with Crippen LogP contribution in [0.15, 0.2) is 53.7 Å². The first kappa shape index (κ1) is 20.0. The van der Waals surface area contributed by atoms with Gasteiger partial charge >= 0.3 is 0 Å². The number of aromatic nitrogens is 1. The van der Waals surface area contributed by atoms with Crippen LogP contribution in [0.2, 0.25) is 0 Å². The average Bonchev–Trinajstić information content (AvgIpc) is 2.97. The SMILES string of the molecule is Cc1ccc(S(=O)(=O)[C@H]2CS(=O)(=O)C[C@@H]2N(C)CCc2ccncc2)cc1. The van der Waals surface area contributed by atoms with E-state index in [9.17, 15) is 16.8 Å². The molecule has 1 aliphatic rings. The van der Waals surface area contributed by atoms with Gasteiger partial charge in [-0.2, -0.15) is 0 Å². The molecule has 0 unspecified atom stereocenters. The van der Waals surface area contributed by atoms with Gasteiger partial charge in [0.15, 0.2) is 19.7 Å². The van der Waals surface area contributed by atoms with E-state index in [1.54, 1.807) is 43.7 Å². The maximum absolute atomic E-state index is 13.1. The maximum Gasteiger partial charge on any atom is 0.183 e. The summed E-state index contributed by atoms with van der Waals surface area (Å²) >= 11 is 0. The molecule has 0 saturated carbocycles. The van der Waals surface area contributed by atoms with Crippen molar-refractivity contribution in [3.8, 4) is 0 Å². The maximum atomic E-state index is 13.1. The van der Waals surface area contributed by atoms with Crippen LogP contribution in [-0.4, -0.2) is 63.1 Å². The largest absolute Gasteiger partial charge is 0.301 e. The van der Waals surface area contributed by atoms with Crippen molar-refractivity contribution in [2.75, 3.05) is 25.1 Å². The molecule has 146 valence electrons. The first-order valence-corrected chi connectivity index (χ1v) is 12.2. The Morgan fingerprint density at radius 2 is 1.70 bits per heavy atom. The van der Waals surface area contributed by atoms with Gasteiger partial charge in [0.05, 0.1) is 21.7 Å². The highest BCUT2D eigenvalue weighted by Crippen LogP contribution is 2.28. The molecule has 27 heavy (non-hydrogen) atoms. The Labute approximate surface area is 161 Å². The second-order valence-electron chi connectivity index (χ2n) is 7.13. The van der Waals surface area contributed by atoms with Crippen molar-refractivity contribution in [3.63, 3.8) is 0 Å². The van der Waals surface area contributed by atoms with Gasteiger partial charge in [0, 0.05) is 25.0 Å². The van der Waals surface area contributed by atoms with Gasteiger partial charge in [-0.05, 0) is 50.2 Å². The van der Waals surface area contributed by atoms with Crippen molar-refractivity contribution in [3.05, 3.63) is 59.9 Å². The first-order valence-electron chi connectivity index (χ1n) is 8.79. The monoisotopic (exact) mass is 408 g/mol. The lowest BCUT2D eigenvalue weighted by atomic mass is 10.1. The highest BCUT2D eigenvalue weighted by atomic mass is 32.2. The lowest BCUT2D eigenvalue weighted by molar-refractivity contribution is 0.266. The summed E-state index contributed by atoms with van der Waals surface area (Å²) in [4.78, 5) is 6.03. The average molecular weight is 409 g/mol. The summed E-state index contributed by atoms with van der Waals surface area (Å²) in [6.45, 7) is 2.45. The molecular formula is C19H24N2O4S2. The number of aryl methyl sites for hydroxylation is 1. The highest BCUT2D eigenvalue weighted by Gasteiger charge is 2.47. The predicted molar refractivity (Wildman–Crippen MR) is 105 cm³/mol. The Hall–Kier alpha value is -1.77. The fourth-order valence-electron chi connectivity index (χ4n) is 3.43. The minimum absolute atomic E-state index is 0.129. The lowest BCUT2D eigenvalue weighted by Crippen LogP contribution is -2.45. The molecule has 3 rings (SSSR count). The zero-order chi connectivity index (χ0) is 19.7. The van der Waals surface area contributed by atoms with Gasteiger partial charge in [-0.3, -0.25) is 4.98 Å². The number of hydrogen-bond donors (Lipinski definition) is 0. The minimum Gasteiger partial charge on any atom is -0.301 e. The van der Waals surface area contributed by atoms with E-state index in [1.807, 2.05) is 24.0 Å². The van der Waals surface area contributed by atoms with E-state index in [0.29, 0.717) is 13.0 Å². The van der Waals surface area contributed by atoms with Crippen molar-refractivity contribution in [2.45, 2.75) is 29.5 Å². The Balaban J connectivity index is 1.83. The Bertz CT molecular complexity index is 988. The molecule has 2 aromatic rings. The molecule has 0 amide bonds. The van der Waals surface area contributed by atoms with Gasteiger partial charge in [0.2, 0.25) is 0 Å². The molecule has 0 N–H and O–H groups in total. The molecule has 0 radical (unpaired) electrons. The molecule has 0 spiro atoms. The van der Waals surface area contributed by atoms with Gasteiger partial charge < -0.3 is 4.90 Å². The number of benzene rings is 1. The third-order valence-corrected chi connectivity index (χ3v) is 9.22. The summed E-state index contributed by atoms with van der Waals surface area (Å²) in [7, 11) is -5.34. The Morgan fingerprint density at radius 3 is 2.33 bits per heavy atom. The molecule has 1 aromatic carbocycles. The topological polar surface area (TPSA) is 84.4 Å². The third kappa shape index (κ3) is 4.56. The lowest BCUT2D eigenvalue weighted by Gasteiger charge is -2.28. The Kier molecular flexibility index (Phi) is 5.69. The van der Waals surface area contributed by atoms with Crippen LogP contribution in [0, 0.1) is 6.92 Å². The van der Waals surface area contributed by atoms with Crippen LogP contribution in [0.1, 0.15) is 11.1 Å². The summed E-state index contributed by atoms with van der Waals surface area (Å²) in [6.07, 6.45) is 4.12. The summed E-state index contributed by atoms with van der Waals surface area (Å²) in [6, 6.07) is 9.84. The zero-order valence-corrected chi connectivity index (χ0v) is 17.1. The third-order valence-electron chi connectivity index (χ3n) is 5.09. The van der Waals surface area contributed by atoms with Crippen molar-refractivity contribution >= 4 is 19.7 Å². The molecular weight excluding hydrogens is 384 g/mol. The van der Waals surface area contributed by atoms with Crippen LogP contribution in [0.4, 0.5) is 0 Å². The molecule has 1 aliphatic heterocycles. The van der Waals surface area contributed by atoms with E-state index >= 15 is 0 Å². The fourth-order valence-corrected chi connectivity index (χ4v) is 8.34. The van der Waals surface area contributed by atoms with E-state index < -0.39 is 31.0 Å². The van der Waals surface area contributed by atoms with Gasteiger partial charge in [-0.15, -0.1) is 0 Å². The molecule has 1 aromatic heterocycles. The molecule has 1 fully saturated rings. The van der Waals surface area contributed by atoms with Crippen LogP contribution in [-0.2, 0) is 26.1 Å². The van der Waals surface area contributed by atoms with Crippen LogP contribution in [0.3, 0.4) is 0 Å². The molecule has 0 bridgehead atoms. The second-order valence-corrected chi connectivity index (χ2v) is 11.4. The standard InChI is InChI=1S/C19H24N2O4S2/c1-15-3-5-17(6-4-15)27(24,25)19-14-26(22,23)13-18(19)21(2)12-9-16-7-10-20-11-8-16/h3-8,10-11,18-19H,9,12-14H2,1-2H3/t18-,19-/m0/s1. The van der Waals surface area contributed by atoms with Crippen LogP contribution >= 0.6 is 0 Å². The van der Waals surface area contributed by atoms with Crippen molar-refractivity contribution in [2.24, 2.45) is 0 Å². The van der Waals surface area contributed by atoms with E-state index in [4.69, 9.17) is 0 Å². The number of rotatable bonds is 6. The second kappa shape index (κ2) is 7.69. The summed E-state index contributed by atoms with van der Waals surface area (Å²) in [5.74, 6) is -0.455. The highest BCUT2D eigenvalue weighted by molar-refractivity contribution is 7.96. The van der Waals surface area contributed by atoms with Crippen LogP contribution in [0.25, 0.3) is 0 Å². The van der Waals surface area contributed by atoms with E-state index in [0.717, 1.165) is 11.1 Å². The van der Waals surface area contributed by atoms with Crippen molar-refractivity contribution in [1.29, 1.82) is 0 Å². The van der Waals surface area contributed by atoms with Gasteiger partial charge in [0.25, 0.3) is 0 Å². The predicted octanol–water partition coefficient (Wildman–Crippen LogP) is 1.50. The number of nitrogens with zero attached hydrogens (tertiary/aromatic N) is 2. The number of pyridine rings is 1. The van der Waals surface area contributed by atoms with Crippen LogP contribution < -0.4 is 0 Å². The number of sulfone groups is 2. The van der Waals surface area contributed by atoms with Crippen molar-refractivity contribution in [1.82, 2.24) is 9.88 Å². The summed E-state index contributed by atoms with van der Waals surface area (Å²) in [5, 5.41) is -0.951. The van der Waals surface area contributed by atoms with E-state index in [1.165, 1.54) is 0 Å². The normalized spacial score (nSPS) is 22.2. The van der Waals surface area contributed by atoms with Gasteiger partial charge in [0.1, 0.15) is 0 Å². The molecule has 2 heterocycles. The Morgan fingerprint density at radius 1 is 1.07 bits per heavy atom. The number of likely N-dealkylation sites (N-methyl/N-ethyl adjacent to an activating group) is 1. The molecule has 2 atom stereocenters.